The quantitative estimate of drug-likeness (QED) is 0.517. The van der Waals surface area contributed by atoms with E-state index in [0.717, 1.165) is 12.0 Å². The van der Waals surface area contributed by atoms with Crippen molar-refractivity contribution in [2.75, 3.05) is 7.11 Å². The zero-order chi connectivity index (χ0) is 23.1. The molecule has 2 aliphatic rings. The summed E-state index contributed by atoms with van der Waals surface area (Å²) in [5.41, 5.74) is -1.11. The Morgan fingerprint density at radius 1 is 1.13 bits per heavy atom. The van der Waals surface area contributed by atoms with Gasteiger partial charge in [0.1, 0.15) is 11.9 Å². The number of hydrogen-bond donors (Lipinski definition) is 1. The molecule has 2 aliphatic carbocycles. The van der Waals surface area contributed by atoms with Crippen LogP contribution in [-0.2, 0) is 23.9 Å². The number of carbonyl (C=O) groups is 3. The van der Waals surface area contributed by atoms with E-state index in [1.54, 1.807) is 13.8 Å². The Morgan fingerprint density at radius 2 is 1.73 bits per heavy atom. The van der Waals surface area contributed by atoms with Gasteiger partial charge in [-0.1, -0.05) is 26.3 Å². The van der Waals surface area contributed by atoms with Gasteiger partial charge in [0, 0.05) is 24.3 Å². The van der Waals surface area contributed by atoms with Gasteiger partial charge in [0.05, 0.1) is 12.7 Å². The van der Waals surface area contributed by atoms with Gasteiger partial charge in [-0.05, 0) is 63.7 Å². The third-order valence-electron chi connectivity index (χ3n) is 8.53. The van der Waals surface area contributed by atoms with Crippen molar-refractivity contribution < 1.29 is 29.0 Å². The molecule has 170 valence electrons. The molecule has 0 bridgehead atoms. The minimum atomic E-state index is -1.18. The van der Waals surface area contributed by atoms with Crippen LogP contribution in [-0.4, -0.2) is 41.6 Å². The highest BCUT2D eigenvalue weighted by molar-refractivity contribution is 5.82. The van der Waals surface area contributed by atoms with Crippen LogP contribution in [0.3, 0.4) is 0 Å². The van der Waals surface area contributed by atoms with Gasteiger partial charge in [-0.25, -0.2) is 4.79 Å². The van der Waals surface area contributed by atoms with Crippen molar-refractivity contribution in [3.05, 3.63) is 11.6 Å². The third kappa shape index (κ3) is 4.08. The SMILES string of the molecule is COC(=O)C=C(C)CCC1(C)C(C)C(OC(C)=O)CC2(C)C1CC(C(C)=O)C2(C)O. The first kappa shape index (κ1) is 24.6. The van der Waals surface area contributed by atoms with Gasteiger partial charge in [0.2, 0.25) is 0 Å². The van der Waals surface area contributed by atoms with Crippen molar-refractivity contribution in [2.24, 2.45) is 28.6 Å². The second-order valence-corrected chi connectivity index (χ2v) is 10.2. The molecule has 0 heterocycles. The Hall–Kier alpha value is -1.69. The van der Waals surface area contributed by atoms with Crippen LogP contribution in [0.25, 0.3) is 0 Å². The summed E-state index contributed by atoms with van der Waals surface area (Å²) in [6.07, 6.45) is 3.75. The molecular weight excluding hydrogens is 384 g/mol. The van der Waals surface area contributed by atoms with Crippen LogP contribution in [0.2, 0.25) is 0 Å². The molecule has 0 radical (unpaired) electrons. The van der Waals surface area contributed by atoms with Gasteiger partial charge >= 0.3 is 11.9 Å². The lowest BCUT2D eigenvalue weighted by Crippen LogP contribution is -2.59. The molecule has 2 rings (SSSR count). The second kappa shape index (κ2) is 8.45. The van der Waals surface area contributed by atoms with Gasteiger partial charge in [-0.3, -0.25) is 9.59 Å². The minimum absolute atomic E-state index is 0.00330. The Bertz CT molecular complexity index is 738. The zero-order valence-electron chi connectivity index (χ0n) is 19.7. The van der Waals surface area contributed by atoms with Crippen molar-refractivity contribution in [1.82, 2.24) is 0 Å². The molecule has 0 aromatic rings. The van der Waals surface area contributed by atoms with Crippen LogP contribution in [0.15, 0.2) is 11.6 Å². The van der Waals surface area contributed by atoms with E-state index in [1.807, 2.05) is 13.8 Å². The highest BCUT2D eigenvalue weighted by Crippen LogP contribution is 2.68. The predicted octanol–water partition coefficient (Wildman–Crippen LogP) is 3.85. The maximum atomic E-state index is 12.4. The number of methoxy groups -OCH3 is 1. The summed E-state index contributed by atoms with van der Waals surface area (Å²) in [7, 11) is 1.36. The first-order valence-electron chi connectivity index (χ1n) is 10.9. The smallest absolute Gasteiger partial charge is 0.330 e. The largest absolute Gasteiger partial charge is 0.466 e. The van der Waals surface area contributed by atoms with Crippen molar-refractivity contribution in [2.45, 2.75) is 85.9 Å². The molecule has 0 aliphatic heterocycles. The van der Waals surface area contributed by atoms with Gasteiger partial charge in [0.25, 0.3) is 0 Å². The minimum Gasteiger partial charge on any atom is -0.466 e. The highest BCUT2D eigenvalue weighted by Gasteiger charge is 2.68. The summed E-state index contributed by atoms with van der Waals surface area (Å²) in [6.45, 7) is 12.9. The predicted molar refractivity (Wildman–Crippen MR) is 113 cm³/mol. The monoisotopic (exact) mass is 422 g/mol. The lowest BCUT2D eigenvalue weighted by molar-refractivity contribution is -0.192. The topological polar surface area (TPSA) is 89.9 Å². The number of rotatable bonds is 6. The van der Waals surface area contributed by atoms with E-state index in [-0.39, 0.29) is 41.1 Å². The Morgan fingerprint density at radius 3 is 2.23 bits per heavy atom. The molecule has 6 heteroatoms. The van der Waals surface area contributed by atoms with Crippen molar-refractivity contribution in [1.29, 1.82) is 0 Å². The van der Waals surface area contributed by atoms with E-state index in [9.17, 15) is 19.5 Å². The maximum absolute atomic E-state index is 12.4. The number of allylic oxidation sites excluding steroid dienone is 1. The van der Waals surface area contributed by atoms with Crippen molar-refractivity contribution in [3.8, 4) is 0 Å². The fourth-order valence-corrected chi connectivity index (χ4v) is 6.28. The molecule has 7 unspecified atom stereocenters. The molecule has 7 atom stereocenters. The zero-order valence-corrected chi connectivity index (χ0v) is 19.7. The van der Waals surface area contributed by atoms with Crippen LogP contribution < -0.4 is 0 Å². The third-order valence-corrected chi connectivity index (χ3v) is 8.53. The summed E-state index contributed by atoms with van der Waals surface area (Å²) in [6, 6.07) is 0. The maximum Gasteiger partial charge on any atom is 0.330 e. The summed E-state index contributed by atoms with van der Waals surface area (Å²) in [5.74, 6) is -1.03. The highest BCUT2D eigenvalue weighted by atomic mass is 16.5. The Kier molecular flexibility index (Phi) is 6.92. The van der Waals surface area contributed by atoms with Crippen LogP contribution in [0.5, 0.6) is 0 Å². The molecule has 0 spiro atoms. The number of ketones is 1. The number of fused-ring (bicyclic) bond motifs is 1. The summed E-state index contributed by atoms with van der Waals surface area (Å²) in [4.78, 5) is 35.8. The van der Waals surface area contributed by atoms with E-state index in [4.69, 9.17) is 9.47 Å². The molecule has 2 saturated carbocycles. The lowest BCUT2D eigenvalue weighted by Gasteiger charge is -2.58. The molecule has 0 amide bonds. The molecule has 2 fully saturated rings. The summed E-state index contributed by atoms with van der Waals surface area (Å²) < 4.78 is 10.5. The van der Waals surface area contributed by atoms with Gasteiger partial charge in [-0.15, -0.1) is 0 Å². The molecular formula is C24H38O6. The molecule has 6 nitrogen and oxygen atoms in total. The van der Waals surface area contributed by atoms with Crippen LogP contribution >= 0.6 is 0 Å². The first-order valence-corrected chi connectivity index (χ1v) is 10.9. The average Bonchev–Trinajstić information content (AvgIpc) is 2.84. The Labute approximate surface area is 180 Å². The fraction of sp³-hybridized carbons (Fsp3) is 0.792. The first-order chi connectivity index (χ1) is 13.7. The van der Waals surface area contributed by atoms with Crippen LogP contribution in [0.4, 0.5) is 0 Å². The number of hydrogen-bond acceptors (Lipinski definition) is 6. The van der Waals surface area contributed by atoms with Crippen LogP contribution in [0, 0.1) is 28.6 Å². The number of ether oxygens (including phenoxy) is 2. The normalized spacial score (nSPS) is 41.2. The van der Waals surface area contributed by atoms with Crippen molar-refractivity contribution in [3.63, 3.8) is 0 Å². The molecule has 0 saturated heterocycles. The van der Waals surface area contributed by atoms with Crippen LogP contribution in [0.1, 0.15) is 74.1 Å². The number of Topliss-reactive ketones (excluding diaryl/α,β-unsaturated/α-hetero) is 1. The van der Waals surface area contributed by atoms with E-state index in [0.29, 0.717) is 19.3 Å². The standard InChI is InChI=1S/C24H38O6/c1-14(11-21(27)29-8)9-10-22(5)15(2)19(30-17(4)26)13-23(6)20(22)12-18(16(3)25)24(23,7)28/h11,15,18-20,28H,9-10,12-13H2,1-8H3. The molecule has 0 aromatic heterocycles. The van der Waals surface area contributed by atoms with Crippen molar-refractivity contribution >= 4 is 17.7 Å². The summed E-state index contributed by atoms with van der Waals surface area (Å²) in [5, 5.41) is 11.5. The van der Waals surface area contributed by atoms with E-state index < -0.39 is 16.9 Å². The van der Waals surface area contributed by atoms with E-state index >= 15 is 0 Å². The summed E-state index contributed by atoms with van der Waals surface area (Å²) >= 11 is 0. The number of carbonyl (C=O) groups excluding carboxylic acids is 3. The fourth-order valence-electron chi connectivity index (χ4n) is 6.28. The average molecular weight is 423 g/mol. The lowest BCUT2D eigenvalue weighted by atomic mass is 9.49. The van der Waals surface area contributed by atoms with Gasteiger partial charge in [-0.2, -0.15) is 0 Å². The second-order valence-electron chi connectivity index (χ2n) is 10.2. The molecule has 1 N–H and O–H groups in total. The number of aliphatic hydroxyl groups is 1. The molecule has 0 aromatic carbocycles. The van der Waals surface area contributed by atoms with E-state index in [2.05, 4.69) is 13.8 Å². The number of esters is 2. The van der Waals surface area contributed by atoms with Gasteiger partial charge in [0.15, 0.2) is 0 Å². The van der Waals surface area contributed by atoms with Gasteiger partial charge < -0.3 is 14.6 Å². The van der Waals surface area contributed by atoms with E-state index in [1.165, 1.54) is 20.1 Å². The molecule has 30 heavy (non-hydrogen) atoms. The Balaban J connectivity index is 2.47.